The lowest BCUT2D eigenvalue weighted by Gasteiger charge is -2.16. The number of amides is 1. The van der Waals surface area contributed by atoms with Crippen LogP contribution in [-0.2, 0) is 4.79 Å². The molecule has 1 atom stereocenters. The summed E-state index contributed by atoms with van der Waals surface area (Å²) in [6.07, 6.45) is 2.19. The summed E-state index contributed by atoms with van der Waals surface area (Å²) in [5.74, 6) is 0.0885. The van der Waals surface area contributed by atoms with E-state index in [9.17, 15) is 4.79 Å². The van der Waals surface area contributed by atoms with Crippen LogP contribution in [0.15, 0.2) is 48.7 Å². The lowest BCUT2D eigenvalue weighted by Crippen LogP contribution is -2.24. The van der Waals surface area contributed by atoms with Gasteiger partial charge in [0.25, 0.3) is 0 Å². The molecule has 2 aromatic rings. The number of carbonyl (C=O) groups excluding carboxylic acids is 1. The van der Waals surface area contributed by atoms with E-state index in [0.29, 0.717) is 13.0 Å². The number of hydrogen-bond donors (Lipinski definition) is 0. The van der Waals surface area contributed by atoms with Gasteiger partial charge in [0.05, 0.1) is 11.1 Å². The number of halogens is 1. The second-order valence-corrected chi connectivity index (χ2v) is 5.18. The molecule has 1 aliphatic rings. The maximum absolute atomic E-state index is 11.8. The van der Waals surface area contributed by atoms with Crippen LogP contribution in [0.25, 0.3) is 11.3 Å². The standard InChI is InChI=1S/C15H13ClN2O/c16-12-9-15(19)18(10-12)13-6-4-11(5-7-13)14-3-1-2-8-17-14/h1-8,12H,9-10H2. The van der Waals surface area contributed by atoms with Crippen LogP contribution in [0.2, 0.25) is 0 Å². The van der Waals surface area contributed by atoms with Crippen LogP contribution in [0.5, 0.6) is 0 Å². The highest BCUT2D eigenvalue weighted by atomic mass is 35.5. The van der Waals surface area contributed by atoms with Crippen LogP contribution < -0.4 is 4.90 Å². The molecule has 1 unspecified atom stereocenters. The first-order chi connectivity index (χ1) is 9.24. The number of alkyl halides is 1. The Morgan fingerprint density at radius 3 is 2.53 bits per heavy atom. The first kappa shape index (κ1) is 12.2. The quantitative estimate of drug-likeness (QED) is 0.787. The zero-order valence-electron chi connectivity index (χ0n) is 10.3. The number of benzene rings is 1. The zero-order valence-corrected chi connectivity index (χ0v) is 11.0. The maximum Gasteiger partial charge on any atom is 0.228 e. The van der Waals surface area contributed by atoms with Crippen molar-refractivity contribution in [2.24, 2.45) is 0 Å². The van der Waals surface area contributed by atoms with Crippen molar-refractivity contribution in [1.82, 2.24) is 4.98 Å². The molecule has 1 aromatic heterocycles. The SMILES string of the molecule is O=C1CC(Cl)CN1c1ccc(-c2ccccn2)cc1. The van der Waals surface area contributed by atoms with Crippen LogP contribution in [0, 0.1) is 0 Å². The number of rotatable bonds is 2. The molecule has 1 aliphatic heterocycles. The molecule has 4 heteroatoms. The van der Waals surface area contributed by atoms with E-state index in [-0.39, 0.29) is 11.3 Å². The molecule has 1 saturated heterocycles. The lowest BCUT2D eigenvalue weighted by molar-refractivity contribution is -0.117. The number of hydrogen-bond acceptors (Lipinski definition) is 2. The van der Waals surface area contributed by atoms with Gasteiger partial charge in [0.2, 0.25) is 5.91 Å². The second-order valence-electron chi connectivity index (χ2n) is 4.57. The highest BCUT2D eigenvalue weighted by Crippen LogP contribution is 2.26. The van der Waals surface area contributed by atoms with Gasteiger partial charge in [-0.2, -0.15) is 0 Å². The monoisotopic (exact) mass is 272 g/mol. The molecular weight excluding hydrogens is 260 g/mol. The summed E-state index contributed by atoms with van der Waals surface area (Å²) in [6, 6.07) is 13.7. The minimum absolute atomic E-state index is 0.0806. The van der Waals surface area contributed by atoms with Gasteiger partial charge >= 0.3 is 0 Å². The molecule has 3 rings (SSSR count). The van der Waals surface area contributed by atoms with Crippen molar-refractivity contribution >= 4 is 23.2 Å². The summed E-state index contributed by atoms with van der Waals surface area (Å²) in [5, 5.41) is -0.0806. The molecule has 0 N–H and O–H groups in total. The van der Waals surface area contributed by atoms with Gasteiger partial charge in [-0.15, -0.1) is 11.6 Å². The van der Waals surface area contributed by atoms with Gasteiger partial charge in [0, 0.05) is 30.4 Å². The number of aromatic nitrogens is 1. The van der Waals surface area contributed by atoms with E-state index in [4.69, 9.17) is 11.6 Å². The van der Waals surface area contributed by atoms with Gasteiger partial charge in [-0.25, -0.2) is 0 Å². The van der Waals surface area contributed by atoms with Gasteiger partial charge in [-0.05, 0) is 24.3 Å². The number of nitrogens with zero attached hydrogens (tertiary/aromatic N) is 2. The van der Waals surface area contributed by atoms with Crippen molar-refractivity contribution in [3.05, 3.63) is 48.7 Å². The Kier molecular flexibility index (Phi) is 3.22. The highest BCUT2D eigenvalue weighted by molar-refractivity contribution is 6.24. The largest absolute Gasteiger partial charge is 0.311 e. The van der Waals surface area contributed by atoms with E-state index >= 15 is 0 Å². The van der Waals surface area contributed by atoms with Gasteiger partial charge in [-0.3, -0.25) is 9.78 Å². The third kappa shape index (κ3) is 2.47. The Morgan fingerprint density at radius 2 is 1.95 bits per heavy atom. The fourth-order valence-corrected chi connectivity index (χ4v) is 2.53. The van der Waals surface area contributed by atoms with Crippen LogP contribution in [-0.4, -0.2) is 22.8 Å². The minimum atomic E-state index is -0.0806. The van der Waals surface area contributed by atoms with Crippen molar-refractivity contribution in [3.8, 4) is 11.3 Å². The molecule has 3 nitrogen and oxygen atoms in total. The van der Waals surface area contributed by atoms with Gasteiger partial charge in [-0.1, -0.05) is 18.2 Å². The molecule has 0 saturated carbocycles. The van der Waals surface area contributed by atoms with E-state index < -0.39 is 0 Å². The summed E-state index contributed by atoms with van der Waals surface area (Å²) >= 11 is 6.01. The summed E-state index contributed by atoms with van der Waals surface area (Å²) in [4.78, 5) is 17.8. The molecule has 19 heavy (non-hydrogen) atoms. The average Bonchev–Trinajstić information content (AvgIpc) is 2.79. The van der Waals surface area contributed by atoms with Crippen LogP contribution in [0.1, 0.15) is 6.42 Å². The van der Waals surface area contributed by atoms with Crippen molar-refractivity contribution < 1.29 is 4.79 Å². The highest BCUT2D eigenvalue weighted by Gasteiger charge is 2.28. The van der Waals surface area contributed by atoms with Crippen molar-refractivity contribution in [1.29, 1.82) is 0 Å². The Hall–Kier alpha value is -1.87. The van der Waals surface area contributed by atoms with E-state index in [0.717, 1.165) is 16.9 Å². The van der Waals surface area contributed by atoms with E-state index in [1.807, 2.05) is 42.5 Å². The normalized spacial score (nSPS) is 18.9. The smallest absolute Gasteiger partial charge is 0.228 e. The molecule has 1 amide bonds. The molecule has 0 bridgehead atoms. The molecule has 96 valence electrons. The van der Waals surface area contributed by atoms with Crippen molar-refractivity contribution in [3.63, 3.8) is 0 Å². The fraction of sp³-hybridized carbons (Fsp3) is 0.200. The minimum Gasteiger partial charge on any atom is -0.311 e. The predicted molar refractivity (Wildman–Crippen MR) is 76.3 cm³/mol. The van der Waals surface area contributed by atoms with Crippen LogP contribution in [0.4, 0.5) is 5.69 Å². The Labute approximate surface area is 116 Å². The van der Waals surface area contributed by atoms with Gasteiger partial charge in [0.15, 0.2) is 0 Å². The lowest BCUT2D eigenvalue weighted by atomic mass is 10.1. The summed E-state index contributed by atoms with van der Waals surface area (Å²) in [6.45, 7) is 0.587. The first-order valence-corrected chi connectivity index (χ1v) is 6.63. The maximum atomic E-state index is 11.8. The molecule has 0 radical (unpaired) electrons. The van der Waals surface area contributed by atoms with Gasteiger partial charge < -0.3 is 4.90 Å². The van der Waals surface area contributed by atoms with Gasteiger partial charge in [0.1, 0.15) is 0 Å². The van der Waals surface area contributed by atoms with E-state index in [1.165, 1.54) is 0 Å². The molecule has 2 heterocycles. The Morgan fingerprint density at radius 1 is 1.16 bits per heavy atom. The third-order valence-electron chi connectivity index (χ3n) is 3.22. The van der Waals surface area contributed by atoms with Crippen LogP contribution in [0.3, 0.4) is 0 Å². The Bertz CT molecular complexity index is 583. The van der Waals surface area contributed by atoms with E-state index in [1.54, 1.807) is 11.1 Å². The summed E-state index contributed by atoms with van der Waals surface area (Å²) in [7, 11) is 0. The molecule has 1 aromatic carbocycles. The topological polar surface area (TPSA) is 33.2 Å². The summed E-state index contributed by atoms with van der Waals surface area (Å²) in [5.41, 5.74) is 2.86. The number of carbonyl (C=O) groups is 1. The molecular formula is C15H13ClN2O. The average molecular weight is 273 g/mol. The van der Waals surface area contributed by atoms with Crippen molar-refractivity contribution in [2.45, 2.75) is 11.8 Å². The first-order valence-electron chi connectivity index (χ1n) is 6.20. The van der Waals surface area contributed by atoms with E-state index in [2.05, 4.69) is 4.98 Å². The summed E-state index contributed by atoms with van der Waals surface area (Å²) < 4.78 is 0. The fourth-order valence-electron chi connectivity index (χ4n) is 2.26. The van der Waals surface area contributed by atoms with Crippen LogP contribution >= 0.6 is 11.6 Å². The molecule has 0 spiro atoms. The zero-order chi connectivity index (χ0) is 13.2. The molecule has 1 fully saturated rings. The van der Waals surface area contributed by atoms with Crippen molar-refractivity contribution in [2.75, 3.05) is 11.4 Å². The Balaban J connectivity index is 1.86. The predicted octanol–water partition coefficient (Wildman–Crippen LogP) is 3.09. The number of pyridine rings is 1. The third-order valence-corrected chi connectivity index (χ3v) is 3.51. The number of anilines is 1. The molecule has 0 aliphatic carbocycles. The second kappa shape index (κ2) is 5.02.